The maximum absolute atomic E-state index is 11.9. The zero-order chi connectivity index (χ0) is 15.5. The summed E-state index contributed by atoms with van der Waals surface area (Å²) in [7, 11) is 0. The van der Waals surface area contributed by atoms with Gasteiger partial charge in [-0.05, 0) is 25.2 Å². The Morgan fingerprint density at radius 1 is 1.41 bits per heavy atom. The van der Waals surface area contributed by atoms with E-state index in [4.69, 9.17) is 4.98 Å². The van der Waals surface area contributed by atoms with Crippen molar-refractivity contribution in [3.8, 4) is 0 Å². The van der Waals surface area contributed by atoms with Crippen molar-refractivity contribution < 1.29 is 4.79 Å². The fourth-order valence-corrected chi connectivity index (χ4v) is 4.31. The molecular weight excluding hydrogens is 294 g/mol. The summed E-state index contributed by atoms with van der Waals surface area (Å²) in [5.41, 5.74) is 1.19. The Balaban J connectivity index is 1.51. The van der Waals surface area contributed by atoms with Crippen LogP contribution < -0.4 is 5.32 Å². The van der Waals surface area contributed by atoms with Gasteiger partial charge in [0.05, 0.1) is 10.7 Å². The molecule has 3 rings (SSSR count). The van der Waals surface area contributed by atoms with Crippen molar-refractivity contribution in [3.05, 3.63) is 16.1 Å². The molecule has 1 saturated heterocycles. The van der Waals surface area contributed by atoms with Crippen LogP contribution in [0.1, 0.15) is 62.6 Å². The molecule has 0 aromatic carbocycles. The summed E-state index contributed by atoms with van der Waals surface area (Å²) in [6, 6.07) is 0.511. The van der Waals surface area contributed by atoms with E-state index in [-0.39, 0.29) is 0 Å². The first-order valence-corrected chi connectivity index (χ1v) is 9.54. The SMILES string of the molecule is CCC(=O)N1CCC(NCc2csc(C3CC3)n2)C(CC)C1. The Morgan fingerprint density at radius 3 is 2.91 bits per heavy atom. The molecule has 1 amide bonds. The minimum Gasteiger partial charge on any atom is -0.342 e. The predicted octanol–water partition coefficient (Wildman–Crippen LogP) is 3.15. The number of hydrogen-bond acceptors (Lipinski definition) is 4. The molecule has 5 heteroatoms. The first-order valence-electron chi connectivity index (χ1n) is 8.66. The molecule has 2 fully saturated rings. The van der Waals surface area contributed by atoms with Crippen LogP contribution in [-0.4, -0.2) is 34.9 Å². The van der Waals surface area contributed by atoms with E-state index in [1.807, 2.05) is 23.2 Å². The second-order valence-corrected chi connectivity index (χ2v) is 7.48. The van der Waals surface area contributed by atoms with Crippen molar-refractivity contribution in [2.24, 2.45) is 5.92 Å². The number of nitrogens with zero attached hydrogens (tertiary/aromatic N) is 2. The van der Waals surface area contributed by atoms with Gasteiger partial charge < -0.3 is 10.2 Å². The van der Waals surface area contributed by atoms with Gasteiger partial charge in [0, 0.05) is 43.4 Å². The fraction of sp³-hybridized carbons (Fsp3) is 0.765. The molecule has 2 heterocycles. The van der Waals surface area contributed by atoms with Crippen LogP contribution in [0, 0.1) is 5.92 Å². The number of piperidine rings is 1. The lowest BCUT2D eigenvalue weighted by atomic mass is 9.89. The van der Waals surface area contributed by atoms with Crippen molar-refractivity contribution in [2.75, 3.05) is 13.1 Å². The number of aromatic nitrogens is 1. The highest BCUT2D eigenvalue weighted by Crippen LogP contribution is 2.41. The minimum absolute atomic E-state index is 0.297. The zero-order valence-corrected chi connectivity index (χ0v) is 14.5. The highest BCUT2D eigenvalue weighted by molar-refractivity contribution is 7.09. The molecule has 1 aromatic heterocycles. The summed E-state index contributed by atoms with van der Waals surface area (Å²) < 4.78 is 0. The molecule has 2 aliphatic rings. The summed E-state index contributed by atoms with van der Waals surface area (Å²) in [5, 5.41) is 7.23. The van der Waals surface area contributed by atoms with E-state index in [2.05, 4.69) is 17.6 Å². The summed E-state index contributed by atoms with van der Waals surface area (Å²) in [4.78, 5) is 18.7. The highest BCUT2D eigenvalue weighted by atomic mass is 32.1. The monoisotopic (exact) mass is 321 g/mol. The normalized spacial score (nSPS) is 25.5. The van der Waals surface area contributed by atoms with E-state index in [0.29, 0.717) is 24.3 Å². The molecule has 1 aliphatic heterocycles. The first-order chi connectivity index (χ1) is 10.7. The molecule has 1 aromatic rings. The number of rotatable bonds is 6. The second kappa shape index (κ2) is 7.09. The standard InChI is InChI=1S/C17H27N3OS/c1-3-12-10-20(16(21)4-2)8-7-15(12)18-9-14-11-22-17(19-14)13-5-6-13/h11-13,15,18H,3-10H2,1-2H3. The fourth-order valence-electron chi connectivity index (χ4n) is 3.32. The number of thiazole rings is 1. The maximum Gasteiger partial charge on any atom is 0.222 e. The van der Waals surface area contributed by atoms with Crippen molar-refractivity contribution in [3.63, 3.8) is 0 Å². The molecule has 4 nitrogen and oxygen atoms in total. The van der Waals surface area contributed by atoms with Crippen LogP contribution in [-0.2, 0) is 11.3 Å². The number of hydrogen-bond donors (Lipinski definition) is 1. The van der Waals surface area contributed by atoms with E-state index in [0.717, 1.165) is 38.4 Å². The lowest BCUT2D eigenvalue weighted by Gasteiger charge is -2.38. The smallest absolute Gasteiger partial charge is 0.222 e. The van der Waals surface area contributed by atoms with Crippen molar-refractivity contribution in [2.45, 2.75) is 64.5 Å². The van der Waals surface area contributed by atoms with Crippen LogP contribution in [0.4, 0.5) is 0 Å². The van der Waals surface area contributed by atoms with Crippen LogP contribution >= 0.6 is 11.3 Å². The Morgan fingerprint density at radius 2 is 2.23 bits per heavy atom. The molecule has 22 heavy (non-hydrogen) atoms. The van der Waals surface area contributed by atoms with Gasteiger partial charge in [0.15, 0.2) is 0 Å². The molecule has 1 aliphatic carbocycles. The van der Waals surface area contributed by atoms with Gasteiger partial charge in [-0.3, -0.25) is 4.79 Å². The summed E-state index contributed by atoms with van der Waals surface area (Å²) in [6.45, 7) is 6.85. The molecular formula is C17H27N3OS. The number of likely N-dealkylation sites (tertiary alicyclic amines) is 1. The van der Waals surface area contributed by atoms with Gasteiger partial charge in [-0.25, -0.2) is 4.98 Å². The third kappa shape index (κ3) is 3.69. The van der Waals surface area contributed by atoms with E-state index < -0.39 is 0 Å². The molecule has 2 unspecified atom stereocenters. The average molecular weight is 321 g/mol. The summed E-state index contributed by atoms with van der Waals surface area (Å²) >= 11 is 1.82. The van der Waals surface area contributed by atoms with Crippen molar-refractivity contribution in [1.29, 1.82) is 0 Å². The van der Waals surface area contributed by atoms with Gasteiger partial charge in [-0.1, -0.05) is 20.3 Å². The first kappa shape index (κ1) is 15.9. The van der Waals surface area contributed by atoms with Crippen LogP contribution in [0.15, 0.2) is 5.38 Å². The molecule has 0 spiro atoms. The van der Waals surface area contributed by atoms with Crippen molar-refractivity contribution >= 4 is 17.2 Å². The Labute approximate surface area is 137 Å². The van der Waals surface area contributed by atoms with Gasteiger partial charge in [-0.15, -0.1) is 11.3 Å². The minimum atomic E-state index is 0.297. The molecule has 2 atom stereocenters. The second-order valence-electron chi connectivity index (χ2n) is 6.59. The Hall–Kier alpha value is -0.940. The number of nitrogens with one attached hydrogen (secondary N) is 1. The van der Waals surface area contributed by atoms with Crippen LogP contribution in [0.5, 0.6) is 0 Å². The van der Waals surface area contributed by atoms with Gasteiger partial charge in [0.2, 0.25) is 5.91 Å². The zero-order valence-electron chi connectivity index (χ0n) is 13.7. The lowest BCUT2D eigenvalue weighted by Crippen LogP contribution is -2.50. The topological polar surface area (TPSA) is 45.2 Å². The van der Waals surface area contributed by atoms with E-state index in [9.17, 15) is 4.79 Å². The van der Waals surface area contributed by atoms with Gasteiger partial charge in [0.1, 0.15) is 0 Å². The van der Waals surface area contributed by atoms with Crippen LogP contribution in [0.2, 0.25) is 0 Å². The van der Waals surface area contributed by atoms with Gasteiger partial charge in [0.25, 0.3) is 0 Å². The Kier molecular flexibility index (Phi) is 5.14. The third-order valence-electron chi connectivity index (χ3n) is 4.95. The lowest BCUT2D eigenvalue weighted by molar-refractivity contribution is -0.133. The van der Waals surface area contributed by atoms with Crippen LogP contribution in [0.25, 0.3) is 0 Å². The van der Waals surface area contributed by atoms with E-state index >= 15 is 0 Å². The highest BCUT2D eigenvalue weighted by Gasteiger charge is 2.30. The van der Waals surface area contributed by atoms with Crippen molar-refractivity contribution in [1.82, 2.24) is 15.2 Å². The van der Waals surface area contributed by atoms with Gasteiger partial charge in [-0.2, -0.15) is 0 Å². The quantitative estimate of drug-likeness (QED) is 0.875. The molecule has 1 saturated carbocycles. The third-order valence-corrected chi connectivity index (χ3v) is 6.01. The number of carbonyl (C=O) groups is 1. The number of amides is 1. The summed E-state index contributed by atoms with van der Waals surface area (Å²) in [6.07, 6.45) is 5.45. The molecule has 0 bridgehead atoms. The Bertz CT molecular complexity index is 512. The molecule has 1 N–H and O–H groups in total. The average Bonchev–Trinajstić information content (AvgIpc) is 3.30. The van der Waals surface area contributed by atoms with Crippen LogP contribution in [0.3, 0.4) is 0 Å². The predicted molar refractivity (Wildman–Crippen MR) is 90.0 cm³/mol. The number of carbonyl (C=O) groups excluding carboxylic acids is 1. The van der Waals surface area contributed by atoms with E-state index in [1.54, 1.807) is 0 Å². The van der Waals surface area contributed by atoms with Gasteiger partial charge >= 0.3 is 0 Å². The molecule has 0 radical (unpaired) electrons. The largest absolute Gasteiger partial charge is 0.342 e. The maximum atomic E-state index is 11.9. The van der Waals surface area contributed by atoms with E-state index in [1.165, 1.54) is 23.5 Å². The summed E-state index contributed by atoms with van der Waals surface area (Å²) in [5.74, 6) is 1.61. The molecule has 122 valence electrons.